The molecule has 1 rings (SSSR count). The van der Waals surface area contributed by atoms with Gasteiger partial charge in [-0.25, -0.2) is 18.7 Å². The van der Waals surface area contributed by atoms with Gasteiger partial charge in [-0.1, -0.05) is 0 Å². The largest absolute Gasteiger partial charge is 0.322 e. The van der Waals surface area contributed by atoms with Crippen molar-refractivity contribution < 1.29 is 8.39 Å². The molecule has 0 N–H and O–H groups in total. The van der Waals surface area contributed by atoms with Crippen LogP contribution < -0.4 is 0 Å². The van der Waals surface area contributed by atoms with Crippen LogP contribution in [0.5, 0.6) is 0 Å². The Morgan fingerprint density at radius 2 is 0.900 bits per heavy atom. The molecule has 1 aliphatic heterocycles. The van der Waals surface area contributed by atoms with Crippen LogP contribution in [0.3, 0.4) is 0 Å². The Morgan fingerprint density at radius 3 is 1.20 bits per heavy atom. The Hall–Kier alpha value is 0.390. The first-order valence-corrected chi connectivity index (χ1v) is 10.6. The van der Waals surface area contributed by atoms with Gasteiger partial charge in [-0.3, -0.25) is 0 Å². The third-order valence-electron chi connectivity index (χ3n) is 2.79. The molecule has 0 amide bonds. The van der Waals surface area contributed by atoms with Gasteiger partial charge in [0.2, 0.25) is 7.51 Å². The zero-order chi connectivity index (χ0) is 15.9. The number of halogens is 2. The first-order valence-electron chi connectivity index (χ1n) is 5.92. The molecule has 0 fully saturated rings. The zero-order valence-electron chi connectivity index (χ0n) is 13.2. The fourth-order valence-electron chi connectivity index (χ4n) is 1.50. The Kier molecular flexibility index (Phi) is 5.42. The summed E-state index contributed by atoms with van der Waals surface area (Å²) >= 11 is 0. The van der Waals surface area contributed by atoms with Gasteiger partial charge in [0.25, 0.3) is 0 Å². The summed E-state index contributed by atoms with van der Waals surface area (Å²) in [6.45, 7) is 0. The van der Waals surface area contributed by atoms with E-state index in [4.69, 9.17) is 0 Å². The third kappa shape index (κ3) is 3.09. The molecule has 0 aromatic heterocycles. The van der Waals surface area contributed by atoms with Crippen LogP contribution in [0.25, 0.3) is 0 Å². The fraction of sp³-hybridized carbons (Fsp3) is 1.00. The number of hydrogen-bond donors (Lipinski definition) is 0. The topological polar surface area (TPSA) is 50.0 Å². The molecular weight excluding hydrogens is 325 g/mol. The Morgan fingerprint density at radius 1 is 0.550 bits per heavy atom. The van der Waals surface area contributed by atoms with E-state index in [-0.39, 0.29) is 0 Å². The monoisotopic (exact) mass is 349 g/mol. The lowest BCUT2D eigenvalue weighted by Crippen LogP contribution is -2.22. The summed E-state index contributed by atoms with van der Waals surface area (Å²) in [5.74, 6) is 0. The second-order valence-corrected chi connectivity index (χ2v) is 13.6. The van der Waals surface area contributed by atoms with Crippen molar-refractivity contribution >= 4 is 22.8 Å². The van der Waals surface area contributed by atoms with E-state index in [0.717, 1.165) is 0 Å². The number of hydrogen-bond acceptors (Lipinski definition) is 7. The van der Waals surface area contributed by atoms with Crippen LogP contribution >= 0.6 is 22.8 Å². The van der Waals surface area contributed by atoms with Crippen molar-refractivity contribution in [1.29, 1.82) is 0 Å². The van der Waals surface area contributed by atoms with E-state index in [0.29, 0.717) is 0 Å². The molecule has 120 valence electrons. The summed E-state index contributed by atoms with van der Waals surface area (Å²) in [5, 5.41) is 0. The lowest BCUT2D eigenvalue weighted by atomic mass is 11.3. The van der Waals surface area contributed by atoms with E-state index in [1.54, 1.807) is 37.5 Å². The molecule has 7 nitrogen and oxygen atoms in total. The molecule has 0 aliphatic carbocycles. The molecule has 0 saturated carbocycles. The van der Waals surface area contributed by atoms with Gasteiger partial charge in [0.15, 0.2) is 0 Å². The molecule has 20 heavy (non-hydrogen) atoms. The minimum atomic E-state index is -3.75. The SMILES string of the molecule is CN(C)P1(N(C)C)=N[P@](F)(N(C)C)=N[P@@](F)(N(C)C)=N1. The lowest BCUT2D eigenvalue weighted by Gasteiger charge is -2.39. The van der Waals surface area contributed by atoms with E-state index in [2.05, 4.69) is 13.5 Å². The van der Waals surface area contributed by atoms with E-state index in [1.165, 1.54) is 37.5 Å². The maximum Gasteiger partial charge on any atom is 0.322 e. The van der Waals surface area contributed by atoms with E-state index in [9.17, 15) is 0 Å². The van der Waals surface area contributed by atoms with Gasteiger partial charge in [-0.05, 0) is 56.4 Å². The molecule has 0 aromatic rings. The molecular formula is C8H24F2N7P3. The maximum atomic E-state index is 15.1. The van der Waals surface area contributed by atoms with Crippen LogP contribution in [0, 0.1) is 0 Å². The van der Waals surface area contributed by atoms with Crippen LogP contribution in [0.2, 0.25) is 0 Å². The smallest absolute Gasteiger partial charge is 0.246 e. The standard InChI is InChI=1S/C8H24F2N7P3/c1-14(2)18(9)11-19(10,15(3)4)13-20(12-18,16(5)6)17(7)8/h1-8H3/t18-,19-/m1/s1. The molecule has 12 heteroatoms. The van der Waals surface area contributed by atoms with Crippen molar-refractivity contribution in [2.24, 2.45) is 13.5 Å². The molecule has 0 saturated heterocycles. The quantitative estimate of drug-likeness (QED) is 0.719. The van der Waals surface area contributed by atoms with Crippen LogP contribution in [-0.4, -0.2) is 75.1 Å². The zero-order valence-corrected chi connectivity index (χ0v) is 15.9. The van der Waals surface area contributed by atoms with Crippen molar-refractivity contribution in [1.82, 2.24) is 18.7 Å². The summed E-state index contributed by atoms with van der Waals surface area (Å²) < 4.78 is 48.6. The van der Waals surface area contributed by atoms with Crippen LogP contribution in [0.4, 0.5) is 8.39 Å². The lowest BCUT2D eigenvalue weighted by molar-refractivity contribution is 0.550. The number of nitrogens with zero attached hydrogens (tertiary/aromatic N) is 7. The molecule has 1 aliphatic rings. The van der Waals surface area contributed by atoms with Crippen LogP contribution in [0.1, 0.15) is 0 Å². The molecule has 1 heterocycles. The maximum absolute atomic E-state index is 15.1. The van der Waals surface area contributed by atoms with E-state index in [1.807, 2.05) is 0 Å². The van der Waals surface area contributed by atoms with Crippen molar-refractivity contribution in [3.63, 3.8) is 0 Å². The molecule has 0 radical (unpaired) electrons. The van der Waals surface area contributed by atoms with Gasteiger partial charge in [0.1, 0.15) is 0 Å². The summed E-state index contributed by atoms with van der Waals surface area (Å²) in [6, 6.07) is 0. The second-order valence-electron chi connectivity index (χ2n) is 5.18. The minimum Gasteiger partial charge on any atom is -0.246 e. The molecule has 0 aromatic carbocycles. The van der Waals surface area contributed by atoms with Crippen molar-refractivity contribution in [2.45, 2.75) is 0 Å². The normalized spacial score (nSPS) is 33.3. The van der Waals surface area contributed by atoms with Gasteiger partial charge < -0.3 is 0 Å². The van der Waals surface area contributed by atoms with Crippen LogP contribution in [-0.2, 0) is 0 Å². The predicted octanol–water partition coefficient (Wildman–Crippen LogP) is 4.02. The highest BCUT2D eigenvalue weighted by Gasteiger charge is 2.42. The molecule has 2 atom stereocenters. The molecule has 0 bridgehead atoms. The highest BCUT2D eigenvalue weighted by Crippen LogP contribution is 2.81. The predicted molar refractivity (Wildman–Crippen MR) is 85.0 cm³/mol. The van der Waals surface area contributed by atoms with E-state index >= 15 is 8.39 Å². The first-order chi connectivity index (χ1) is 8.89. The van der Waals surface area contributed by atoms with Gasteiger partial charge in [0, 0.05) is 0 Å². The average Bonchev–Trinajstić information content (AvgIpc) is 2.26. The fourth-order valence-corrected chi connectivity index (χ4v) is 12.3. The van der Waals surface area contributed by atoms with Gasteiger partial charge in [-0.2, -0.15) is 21.9 Å². The summed E-state index contributed by atoms with van der Waals surface area (Å²) in [5.41, 5.74) is 0. The van der Waals surface area contributed by atoms with Crippen molar-refractivity contribution in [2.75, 3.05) is 56.4 Å². The average molecular weight is 349 g/mol. The molecule has 0 unspecified atom stereocenters. The Bertz CT molecular complexity index is 515. The van der Waals surface area contributed by atoms with Gasteiger partial charge in [0.05, 0.1) is 0 Å². The Balaban J connectivity index is 3.83. The minimum absolute atomic E-state index is 1.28. The Labute approximate surface area is 120 Å². The third-order valence-corrected chi connectivity index (χ3v) is 12.5. The van der Waals surface area contributed by atoms with Crippen LogP contribution in [0.15, 0.2) is 13.5 Å². The van der Waals surface area contributed by atoms with Gasteiger partial charge >= 0.3 is 15.3 Å². The summed E-state index contributed by atoms with van der Waals surface area (Å²) in [6.07, 6.45) is 0. The number of rotatable bonds is 4. The highest BCUT2D eigenvalue weighted by atomic mass is 31.3. The molecule has 0 spiro atoms. The first kappa shape index (κ1) is 18.4. The summed E-state index contributed by atoms with van der Waals surface area (Å²) in [4.78, 5) is 0. The summed E-state index contributed by atoms with van der Waals surface area (Å²) in [7, 11) is 2.80. The highest BCUT2D eigenvalue weighted by molar-refractivity contribution is 7.81. The van der Waals surface area contributed by atoms with Crippen molar-refractivity contribution in [3.8, 4) is 0 Å². The van der Waals surface area contributed by atoms with Crippen molar-refractivity contribution in [3.05, 3.63) is 0 Å². The van der Waals surface area contributed by atoms with E-state index < -0.39 is 22.8 Å². The van der Waals surface area contributed by atoms with Gasteiger partial charge in [-0.15, -0.1) is 0 Å². The second kappa shape index (κ2) is 5.88.